The third kappa shape index (κ3) is 3.99. The number of fused-ring (bicyclic) bond motifs is 1. The van der Waals surface area contributed by atoms with E-state index < -0.39 is 0 Å². The number of pyridine rings is 1. The van der Waals surface area contributed by atoms with Gasteiger partial charge in [-0.2, -0.15) is 0 Å². The number of rotatable bonds is 4. The molecule has 144 valence electrons. The molecule has 5 nitrogen and oxygen atoms in total. The maximum atomic E-state index is 12.8. The van der Waals surface area contributed by atoms with Gasteiger partial charge in [0.1, 0.15) is 6.54 Å². The Morgan fingerprint density at radius 2 is 1.71 bits per heavy atom. The zero-order valence-corrected chi connectivity index (χ0v) is 16.2. The molecule has 5 heteroatoms. The quantitative estimate of drug-likeness (QED) is 0.704. The highest BCUT2D eigenvalue weighted by molar-refractivity contribution is 5.82. The number of amides is 1. The molecule has 0 saturated carbocycles. The molecule has 1 amide bonds. The summed E-state index contributed by atoms with van der Waals surface area (Å²) in [4.78, 5) is 29.3. The summed E-state index contributed by atoms with van der Waals surface area (Å²) < 4.78 is 1.88. The van der Waals surface area contributed by atoms with Crippen molar-refractivity contribution in [2.24, 2.45) is 0 Å². The summed E-state index contributed by atoms with van der Waals surface area (Å²) in [6, 6.07) is 17.8. The number of hydrogen-bond acceptors (Lipinski definition) is 3. The van der Waals surface area contributed by atoms with Crippen molar-refractivity contribution >= 4 is 16.8 Å². The zero-order valence-electron chi connectivity index (χ0n) is 16.2. The molecular weight excluding hydrogens is 350 g/mol. The lowest BCUT2D eigenvalue weighted by Gasteiger charge is -2.35. The van der Waals surface area contributed by atoms with E-state index in [0.29, 0.717) is 5.39 Å². The smallest absolute Gasteiger partial charge is 0.242 e. The van der Waals surface area contributed by atoms with E-state index in [1.165, 1.54) is 5.56 Å². The van der Waals surface area contributed by atoms with E-state index in [1.807, 2.05) is 40.7 Å². The molecule has 0 spiro atoms. The summed E-state index contributed by atoms with van der Waals surface area (Å²) in [5.74, 6) is 0.102. The second-order valence-electron chi connectivity index (χ2n) is 7.47. The van der Waals surface area contributed by atoms with Crippen LogP contribution in [0, 0.1) is 6.92 Å². The number of piperazine rings is 1. The van der Waals surface area contributed by atoms with Gasteiger partial charge < -0.3 is 9.47 Å². The summed E-state index contributed by atoms with van der Waals surface area (Å²) >= 11 is 0. The molecule has 0 unspecified atom stereocenters. The Bertz CT molecular complexity index is 1030. The van der Waals surface area contributed by atoms with Crippen LogP contribution in [0.5, 0.6) is 0 Å². The lowest BCUT2D eigenvalue weighted by atomic mass is 10.1. The molecule has 0 bridgehead atoms. The van der Waals surface area contributed by atoms with Gasteiger partial charge in [-0.1, -0.05) is 42.0 Å². The van der Waals surface area contributed by atoms with Gasteiger partial charge >= 0.3 is 0 Å². The van der Waals surface area contributed by atoms with Crippen LogP contribution in [0.2, 0.25) is 0 Å². The van der Waals surface area contributed by atoms with Crippen molar-refractivity contribution in [3.63, 3.8) is 0 Å². The van der Waals surface area contributed by atoms with E-state index in [-0.39, 0.29) is 17.9 Å². The summed E-state index contributed by atoms with van der Waals surface area (Å²) in [7, 11) is 0. The first kappa shape index (κ1) is 18.4. The predicted octanol–water partition coefficient (Wildman–Crippen LogP) is 2.65. The van der Waals surface area contributed by atoms with Gasteiger partial charge in [0.2, 0.25) is 5.91 Å². The Morgan fingerprint density at radius 1 is 0.964 bits per heavy atom. The minimum absolute atomic E-state index is 0.00285. The third-order valence-electron chi connectivity index (χ3n) is 5.41. The van der Waals surface area contributed by atoms with Crippen LogP contribution in [0.25, 0.3) is 10.9 Å². The molecule has 1 aliphatic rings. The molecule has 2 aromatic carbocycles. The molecule has 0 aliphatic carbocycles. The van der Waals surface area contributed by atoms with Crippen LogP contribution >= 0.6 is 0 Å². The van der Waals surface area contributed by atoms with Crippen LogP contribution in [-0.2, 0) is 17.9 Å². The van der Waals surface area contributed by atoms with Crippen molar-refractivity contribution < 1.29 is 4.79 Å². The van der Waals surface area contributed by atoms with Gasteiger partial charge in [0, 0.05) is 50.4 Å². The number of aromatic nitrogens is 1. The molecule has 0 N–H and O–H groups in total. The van der Waals surface area contributed by atoms with Crippen molar-refractivity contribution in [3.05, 3.63) is 82.1 Å². The van der Waals surface area contributed by atoms with Gasteiger partial charge in [-0.15, -0.1) is 0 Å². The van der Waals surface area contributed by atoms with Gasteiger partial charge in [0.15, 0.2) is 5.43 Å². The van der Waals surface area contributed by atoms with Crippen molar-refractivity contribution in [3.8, 4) is 0 Å². The topological polar surface area (TPSA) is 45.6 Å². The van der Waals surface area contributed by atoms with Crippen LogP contribution in [0.15, 0.2) is 65.6 Å². The number of aryl methyl sites for hydroxylation is 1. The molecule has 1 aromatic heterocycles. The lowest BCUT2D eigenvalue weighted by Crippen LogP contribution is -2.49. The number of benzene rings is 2. The Labute approximate surface area is 164 Å². The van der Waals surface area contributed by atoms with E-state index in [1.54, 1.807) is 12.3 Å². The maximum Gasteiger partial charge on any atom is 0.242 e. The van der Waals surface area contributed by atoms with Crippen LogP contribution in [0.4, 0.5) is 0 Å². The highest BCUT2D eigenvalue weighted by Gasteiger charge is 2.21. The first-order valence-electron chi connectivity index (χ1n) is 9.74. The summed E-state index contributed by atoms with van der Waals surface area (Å²) in [5.41, 5.74) is 3.16. The van der Waals surface area contributed by atoms with E-state index in [9.17, 15) is 9.59 Å². The van der Waals surface area contributed by atoms with E-state index in [0.717, 1.165) is 43.8 Å². The second-order valence-corrected chi connectivity index (χ2v) is 7.47. The second kappa shape index (κ2) is 7.98. The van der Waals surface area contributed by atoms with Crippen molar-refractivity contribution in [2.45, 2.75) is 20.0 Å². The monoisotopic (exact) mass is 375 g/mol. The van der Waals surface area contributed by atoms with Crippen LogP contribution < -0.4 is 5.43 Å². The number of hydrogen-bond donors (Lipinski definition) is 0. The summed E-state index contributed by atoms with van der Waals surface area (Å²) in [6.07, 6.45) is 1.73. The van der Waals surface area contributed by atoms with E-state index in [4.69, 9.17) is 0 Å². The molecule has 2 heterocycles. The van der Waals surface area contributed by atoms with Crippen LogP contribution in [-0.4, -0.2) is 46.5 Å². The predicted molar refractivity (Wildman–Crippen MR) is 111 cm³/mol. The normalized spacial score (nSPS) is 15.1. The maximum absolute atomic E-state index is 12.8. The Morgan fingerprint density at radius 3 is 2.46 bits per heavy atom. The molecule has 28 heavy (non-hydrogen) atoms. The fraction of sp³-hybridized carbons (Fsp3) is 0.304. The number of carbonyl (C=O) groups excluding carboxylic acids is 1. The van der Waals surface area contributed by atoms with Crippen LogP contribution in [0.1, 0.15) is 11.1 Å². The third-order valence-corrected chi connectivity index (χ3v) is 5.41. The Balaban J connectivity index is 1.41. The van der Waals surface area contributed by atoms with Crippen LogP contribution in [0.3, 0.4) is 0 Å². The highest BCUT2D eigenvalue weighted by atomic mass is 16.2. The average Bonchev–Trinajstić information content (AvgIpc) is 2.71. The Kier molecular flexibility index (Phi) is 5.26. The molecule has 1 aliphatic heterocycles. The zero-order chi connectivity index (χ0) is 19.5. The first-order valence-corrected chi connectivity index (χ1v) is 9.74. The van der Waals surface area contributed by atoms with Crippen molar-refractivity contribution in [1.29, 1.82) is 0 Å². The molecule has 1 saturated heterocycles. The molecule has 0 atom stereocenters. The SMILES string of the molecule is Cc1ccc2c(c1)c(=O)ccn2CC(=O)N1CCN(Cc2ccccc2)CC1. The molecule has 0 radical (unpaired) electrons. The van der Waals surface area contributed by atoms with Gasteiger partial charge in [0.25, 0.3) is 0 Å². The lowest BCUT2D eigenvalue weighted by molar-refractivity contribution is -0.133. The minimum Gasteiger partial charge on any atom is -0.339 e. The van der Waals surface area contributed by atoms with Crippen molar-refractivity contribution in [1.82, 2.24) is 14.4 Å². The van der Waals surface area contributed by atoms with Gasteiger partial charge in [-0.3, -0.25) is 14.5 Å². The van der Waals surface area contributed by atoms with Gasteiger partial charge in [-0.25, -0.2) is 0 Å². The fourth-order valence-corrected chi connectivity index (χ4v) is 3.81. The standard InChI is InChI=1S/C23H25N3O2/c1-18-7-8-21-20(15-18)22(27)9-10-26(21)17-23(28)25-13-11-24(12-14-25)16-19-5-3-2-4-6-19/h2-10,15H,11-14,16-17H2,1H3. The van der Waals surface area contributed by atoms with Gasteiger partial charge in [-0.05, 0) is 24.6 Å². The fourth-order valence-electron chi connectivity index (χ4n) is 3.81. The van der Waals surface area contributed by atoms with Gasteiger partial charge in [0.05, 0.1) is 5.52 Å². The largest absolute Gasteiger partial charge is 0.339 e. The highest BCUT2D eigenvalue weighted by Crippen LogP contribution is 2.14. The minimum atomic E-state index is -0.00285. The Hall–Kier alpha value is -2.92. The summed E-state index contributed by atoms with van der Waals surface area (Å²) in [5, 5.41) is 0.669. The average molecular weight is 375 g/mol. The number of nitrogens with zero attached hydrogens (tertiary/aromatic N) is 3. The van der Waals surface area contributed by atoms with Crippen molar-refractivity contribution in [2.75, 3.05) is 26.2 Å². The number of carbonyl (C=O) groups is 1. The molecular formula is C23H25N3O2. The molecule has 4 rings (SSSR count). The molecule has 3 aromatic rings. The first-order chi connectivity index (χ1) is 13.6. The van der Waals surface area contributed by atoms with E-state index in [2.05, 4.69) is 29.2 Å². The van der Waals surface area contributed by atoms with E-state index >= 15 is 0 Å². The summed E-state index contributed by atoms with van der Waals surface area (Å²) in [6.45, 7) is 6.39. The molecule has 1 fully saturated rings.